The van der Waals surface area contributed by atoms with E-state index in [4.69, 9.17) is 9.05 Å². The van der Waals surface area contributed by atoms with Gasteiger partial charge in [0.1, 0.15) is 13.2 Å². The third-order valence-corrected chi connectivity index (χ3v) is 15.0. The van der Waals surface area contributed by atoms with Crippen LogP contribution in [0.5, 0.6) is 0 Å². The van der Waals surface area contributed by atoms with Gasteiger partial charge in [0, 0.05) is 6.42 Å². The van der Waals surface area contributed by atoms with E-state index >= 15 is 0 Å². The Morgan fingerprint density at radius 3 is 1.14 bits per heavy atom. The Morgan fingerprint density at radius 1 is 0.479 bits per heavy atom. The maximum absolute atomic E-state index is 13.0. The zero-order chi connectivity index (χ0) is 52.0. The van der Waals surface area contributed by atoms with Crippen LogP contribution < -0.4 is 10.2 Å². The molecule has 0 heterocycles. The Bertz CT molecular complexity index is 1250. The summed E-state index contributed by atoms with van der Waals surface area (Å²) in [6, 6.07) is -0.907. The number of quaternary nitrogens is 1. The standard InChI is InChI=1S/C62H121N2O6P/c1-6-8-10-12-14-16-18-20-22-23-24-25-26-27-28-29-30-31-32-33-34-35-36-37-38-39-40-42-44-46-48-50-52-54-56-62(66)63-60(59-70-71(67,68)69-58-57-64(3,4)5)61(65)55-53-51-49-47-45-43-41-21-19-17-15-13-11-9-7-2/h19,21,45,47,53,55,60-61,65H,6-18,20,22-44,46,48-52,54,56-59H2,1-5H3,(H-,63,66,67,68)/b21-19+,47-45+,55-53+. The Kier molecular flexibility index (Phi) is 52.6. The summed E-state index contributed by atoms with van der Waals surface area (Å²) in [5, 5.41) is 13.8. The van der Waals surface area contributed by atoms with E-state index < -0.39 is 26.6 Å². The molecule has 0 rings (SSSR count). The molecule has 3 unspecified atom stereocenters. The molecular weight excluding hydrogens is 900 g/mol. The van der Waals surface area contributed by atoms with Crippen molar-refractivity contribution in [2.45, 2.75) is 315 Å². The van der Waals surface area contributed by atoms with Gasteiger partial charge >= 0.3 is 0 Å². The lowest BCUT2D eigenvalue weighted by atomic mass is 10.0. The molecule has 0 fully saturated rings. The van der Waals surface area contributed by atoms with Crippen molar-refractivity contribution in [1.82, 2.24) is 5.32 Å². The topological polar surface area (TPSA) is 108 Å². The Hall–Kier alpha value is -1.28. The van der Waals surface area contributed by atoms with Crippen LogP contribution in [-0.2, 0) is 18.4 Å². The van der Waals surface area contributed by atoms with Gasteiger partial charge in [-0.1, -0.05) is 288 Å². The molecule has 0 aromatic carbocycles. The molecule has 71 heavy (non-hydrogen) atoms. The first kappa shape index (κ1) is 69.7. The average Bonchev–Trinajstić information content (AvgIpc) is 3.33. The molecule has 9 heteroatoms. The SMILES string of the molecule is CCCCCCC/C=C/CC/C=C/CC/C=C/C(O)C(COP(=O)([O-])OCC[N+](C)(C)C)NC(=O)CCCCCCCCCCCCCCCCCCCCCCCCCCCCCCCCCCCC. The van der Waals surface area contributed by atoms with Gasteiger partial charge in [-0.15, -0.1) is 0 Å². The maximum Gasteiger partial charge on any atom is 0.268 e. The molecule has 0 spiro atoms. The summed E-state index contributed by atoms with van der Waals surface area (Å²) < 4.78 is 23.3. The van der Waals surface area contributed by atoms with Crippen molar-refractivity contribution < 1.29 is 32.9 Å². The summed E-state index contributed by atoms with van der Waals surface area (Å²) in [6.07, 6.45) is 69.8. The fourth-order valence-electron chi connectivity index (χ4n) is 9.25. The van der Waals surface area contributed by atoms with Gasteiger partial charge in [0.15, 0.2) is 0 Å². The van der Waals surface area contributed by atoms with Crippen molar-refractivity contribution in [3.05, 3.63) is 36.5 Å². The number of phosphoric ester groups is 1. The number of likely N-dealkylation sites (N-methyl/N-ethyl adjacent to an activating group) is 1. The molecule has 0 aliphatic heterocycles. The predicted octanol–water partition coefficient (Wildman–Crippen LogP) is 18.3. The van der Waals surface area contributed by atoms with Crippen LogP contribution in [0.1, 0.15) is 303 Å². The Labute approximate surface area is 442 Å². The predicted molar refractivity (Wildman–Crippen MR) is 307 cm³/mol. The van der Waals surface area contributed by atoms with E-state index in [1.165, 1.54) is 238 Å². The third kappa shape index (κ3) is 56.3. The summed E-state index contributed by atoms with van der Waals surface area (Å²) >= 11 is 0. The number of carbonyl (C=O) groups excluding carboxylic acids is 1. The number of aliphatic hydroxyl groups excluding tert-OH is 1. The number of rotatable bonds is 57. The van der Waals surface area contributed by atoms with E-state index in [0.29, 0.717) is 17.4 Å². The average molecular weight is 1020 g/mol. The van der Waals surface area contributed by atoms with E-state index in [1.807, 2.05) is 27.2 Å². The number of nitrogens with zero attached hydrogens (tertiary/aromatic N) is 1. The van der Waals surface area contributed by atoms with Gasteiger partial charge < -0.3 is 28.8 Å². The molecule has 3 atom stereocenters. The summed E-state index contributed by atoms with van der Waals surface area (Å²) in [4.78, 5) is 25.5. The summed E-state index contributed by atoms with van der Waals surface area (Å²) in [7, 11) is 1.24. The van der Waals surface area contributed by atoms with E-state index in [0.717, 1.165) is 44.9 Å². The number of unbranched alkanes of at least 4 members (excludes halogenated alkanes) is 40. The molecule has 1 amide bonds. The van der Waals surface area contributed by atoms with Crippen LogP contribution in [0.25, 0.3) is 0 Å². The van der Waals surface area contributed by atoms with Crippen LogP contribution >= 0.6 is 7.82 Å². The Balaban J connectivity index is 3.99. The molecule has 0 aromatic heterocycles. The van der Waals surface area contributed by atoms with Gasteiger partial charge in [-0.2, -0.15) is 0 Å². The minimum Gasteiger partial charge on any atom is -0.756 e. The second-order valence-electron chi connectivity index (χ2n) is 22.4. The smallest absolute Gasteiger partial charge is 0.268 e. The number of carbonyl (C=O) groups is 1. The number of allylic oxidation sites excluding steroid dienone is 5. The van der Waals surface area contributed by atoms with Crippen LogP contribution in [0.4, 0.5) is 0 Å². The highest BCUT2D eigenvalue weighted by atomic mass is 31.2. The lowest BCUT2D eigenvalue weighted by Gasteiger charge is -2.29. The number of phosphoric acid groups is 1. The highest BCUT2D eigenvalue weighted by molar-refractivity contribution is 7.45. The van der Waals surface area contributed by atoms with Gasteiger partial charge in [0.05, 0.1) is 39.9 Å². The summed E-state index contributed by atoms with van der Waals surface area (Å²) in [6.45, 7) is 4.64. The van der Waals surface area contributed by atoms with Crippen LogP contribution in [-0.4, -0.2) is 68.5 Å². The zero-order valence-electron chi connectivity index (χ0n) is 47.9. The molecule has 420 valence electrons. The lowest BCUT2D eigenvalue weighted by Crippen LogP contribution is -2.45. The fourth-order valence-corrected chi connectivity index (χ4v) is 9.97. The van der Waals surface area contributed by atoms with Crippen molar-refractivity contribution in [3.63, 3.8) is 0 Å². The molecule has 0 saturated carbocycles. The molecule has 0 radical (unpaired) electrons. The van der Waals surface area contributed by atoms with Gasteiger partial charge in [-0.05, 0) is 44.9 Å². The highest BCUT2D eigenvalue weighted by Gasteiger charge is 2.23. The Morgan fingerprint density at radius 2 is 0.789 bits per heavy atom. The molecule has 0 aromatic rings. The maximum atomic E-state index is 13.0. The number of aliphatic hydroxyl groups is 1. The monoisotopic (exact) mass is 1020 g/mol. The van der Waals surface area contributed by atoms with E-state index in [-0.39, 0.29) is 12.5 Å². The van der Waals surface area contributed by atoms with E-state index in [2.05, 4.69) is 43.5 Å². The summed E-state index contributed by atoms with van der Waals surface area (Å²) in [5.41, 5.74) is 0. The van der Waals surface area contributed by atoms with E-state index in [9.17, 15) is 19.4 Å². The minimum atomic E-state index is -4.61. The van der Waals surface area contributed by atoms with Crippen LogP contribution in [0.3, 0.4) is 0 Å². The van der Waals surface area contributed by atoms with Crippen molar-refractivity contribution in [2.24, 2.45) is 0 Å². The van der Waals surface area contributed by atoms with Gasteiger partial charge in [0.25, 0.3) is 7.82 Å². The van der Waals surface area contributed by atoms with E-state index in [1.54, 1.807) is 6.08 Å². The van der Waals surface area contributed by atoms with Gasteiger partial charge in [0.2, 0.25) is 5.91 Å². The molecule has 0 aliphatic rings. The van der Waals surface area contributed by atoms with Gasteiger partial charge in [-0.3, -0.25) is 9.36 Å². The third-order valence-electron chi connectivity index (χ3n) is 14.1. The molecule has 8 nitrogen and oxygen atoms in total. The first-order valence-electron chi connectivity index (χ1n) is 30.9. The van der Waals surface area contributed by atoms with Crippen molar-refractivity contribution in [1.29, 1.82) is 0 Å². The normalized spacial score (nSPS) is 14.1. The second kappa shape index (κ2) is 53.5. The number of hydrogen-bond donors (Lipinski definition) is 2. The minimum absolute atomic E-state index is 0.00751. The summed E-state index contributed by atoms with van der Waals surface area (Å²) in [5.74, 6) is -0.206. The lowest BCUT2D eigenvalue weighted by molar-refractivity contribution is -0.870. The number of amides is 1. The largest absolute Gasteiger partial charge is 0.756 e. The van der Waals surface area contributed by atoms with Crippen molar-refractivity contribution >= 4 is 13.7 Å². The molecule has 0 saturated heterocycles. The molecular formula is C62H121N2O6P. The second-order valence-corrected chi connectivity index (χ2v) is 23.8. The van der Waals surface area contributed by atoms with Crippen LogP contribution in [0.15, 0.2) is 36.5 Å². The molecule has 0 aliphatic carbocycles. The first-order chi connectivity index (χ1) is 34.5. The van der Waals surface area contributed by atoms with Gasteiger partial charge in [-0.25, -0.2) is 0 Å². The quantitative estimate of drug-likeness (QED) is 0.0272. The molecule has 0 bridgehead atoms. The van der Waals surface area contributed by atoms with Crippen LogP contribution in [0, 0.1) is 0 Å². The van der Waals surface area contributed by atoms with Crippen molar-refractivity contribution in [3.8, 4) is 0 Å². The molecule has 2 N–H and O–H groups in total. The zero-order valence-corrected chi connectivity index (χ0v) is 48.8. The first-order valence-corrected chi connectivity index (χ1v) is 32.3. The fraction of sp³-hybridized carbons (Fsp3) is 0.887. The number of nitrogens with one attached hydrogen (secondary N) is 1. The van der Waals surface area contributed by atoms with Crippen molar-refractivity contribution in [2.75, 3.05) is 40.9 Å². The number of hydrogen-bond acceptors (Lipinski definition) is 6. The van der Waals surface area contributed by atoms with Crippen LogP contribution in [0.2, 0.25) is 0 Å². The highest BCUT2D eigenvalue weighted by Crippen LogP contribution is 2.38.